The summed E-state index contributed by atoms with van der Waals surface area (Å²) in [4.78, 5) is 15.9. The molecule has 0 unspecified atom stereocenters. The molecule has 0 amide bonds. The number of H-pyrrole nitrogens is 1. The van der Waals surface area contributed by atoms with E-state index in [4.69, 9.17) is 4.74 Å². The van der Waals surface area contributed by atoms with E-state index in [9.17, 15) is 4.79 Å². The number of benzene rings is 1. The highest BCUT2D eigenvalue weighted by Crippen LogP contribution is 2.20. The number of hydrogen-bond donors (Lipinski definition) is 1. The average Bonchev–Trinajstić information content (AvgIpc) is 2.89. The zero-order chi connectivity index (χ0) is 12.1. The molecular weight excluding hydrogens is 218 g/mol. The molecule has 2 aromatic rings. The van der Waals surface area contributed by atoms with Crippen LogP contribution in [0.4, 0.5) is 0 Å². The van der Waals surface area contributed by atoms with Gasteiger partial charge in [-0.05, 0) is 18.6 Å². The third-order valence-electron chi connectivity index (χ3n) is 2.22. The van der Waals surface area contributed by atoms with E-state index in [1.165, 1.54) is 6.33 Å². The van der Waals surface area contributed by atoms with E-state index in [0.29, 0.717) is 17.9 Å². The van der Waals surface area contributed by atoms with Crippen LogP contribution in [0.2, 0.25) is 0 Å². The number of para-hydroxylation sites is 1. The third-order valence-corrected chi connectivity index (χ3v) is 2.22. The summed E-state index contributed by atoms with van der Waals surface area (Å²) >= 11 is 0. The van der Waals surface area contributed by atoms with Crippen LogP contribution in [0, 0.1) is 0 Å². The number of rotatable bonds is 5. The molecular formula is C12H13N3O2. The molecule has 0 spiro atoms. The molecule has 1 aromatic heterocycles. The highest BCUT2D eigenvalue weighted by Gasteiger charge is 2.16. The maximum atomic E-state index is 12.1. The zero-order valence-electron chi connectivity index (χ0n) is 9.51. The SMILES string of the molecule is CCCOc1ccccc1C(=O)c1ncn[nH]1. The van der Waals surface area contributed by atoms with Crippen molar-refractivity contribution in [2.24, 2.45) is 0 Å². The quantitative estimate of drug-likeness (QED) is 0.797. The second-order valence-corrected chi connectivity index (χ2v) is 3.51. The summed E-state index contributed by atoms with van der Waals surface area (Å²) in [7, 11) is 0. The van der Waals surface area contributed by atoms with Gasteiger partial charge in [-0.15, -0.1) is 0 Å². The summed E-state index contributed by atoms with van der Waals surface area (Å²) in [5.41, 5.74) is 0.498. The van der Waals surface area contributed by atoms with Gasteiger partial charge in [0.2, 0.25) is 5.78 Å². The number of ketones is 1. The van der Waals surface area contributed by atoms with Crippen molar-refractivity contribution in [3.05, 3.63) is 42.0 Å². The van der Waals surface area contributed by atoms with Gasteiger partial charge in [0, 0.05) is 0 Å². The Hall–Kier alpha value is -2.17. The minimum absolute atomic E-state index is 0.214. The van der Waals surface area contributed by atoms with E-state index < -0.39 is 0 Å². The Kier molecular flexibility index (Phi) is 3.49. The lowest BCUT2D eigenvalue weighted by Gasteiger charge is -2.08. The van der Waals surface area contributed by atoms with Crippen molar-refractivity contribution in [1.82, 2.24) is 15.2 Å². The molecule has 17 heavy (non-hydrogen) atoms. The molecule has 1 heterocycles. The van der Waals surface area contributed by atoms with Gasteiger partial charge in [-0.2, -0.15) is 5.10 Å². The smallest absolute Gasteiger partial charge is 0.233 e. The van der Waals surface area contributed by atoms with Crippen molar-refractivity contribution < 1.29 is 9.53 Å². The van der Waals surface area contributed by atoms with Crippen LogP contribution in [0.3, 0.4) is 0 Å². The number of aromatic nitrogens is 3. The summed E-state index contributed by atoms with van der Waals surface area (Å²) in [6, 6.07) is 7.12. The fraction of sp³-hybridized carbons (Fsp3) is 0.250. The summed E-state index contributed by atoms with van der Waals surface area (Å²) in [5, 5.41) is 6.22. The van der Waals surface area contributed by atoms with Gasteiger partial charge in [0.1, 0.15) is 12.1 Å². The van der Waals surface area contributed by atoms with Gasteiger partial charge < -0.3 is 4.74 Å². The molecule has 0 aliphatic carbocycles. The van der Waals surface area contributed by atoms with Crippen molar-refractivity contribution in [2.75, 3.05) is 6.61 Å². The first kappa shape index (κ1) is 11.3. The summed E-state index contributed by atoms with van der Waals surface area (Å²) in [5.74, 6) is 0.586. The maximum Gasteiger partial charge on any atom is 0.233 e. The van der Waals surface area contributed by atoms with E-state index in [1.807, 2.05) is 13.0 Å². The molecule has 0 saturated carbocycles. The fourth-order valence-electron chi connectivity index (χ4n) is 1.43. The first-order valence-electron chi connectivity index (χ1n) is 5.44. The Morgan fingerprint density at radius 3 is 2.94 bits per heavy atom. The topological polar surface area (TPSA) is 67.9 Å². The van der Waals surface area contributed by atoms with Crippen LogP contribution in [0.25, 0.3) is 0 Å². The molecule has 1 aromatic carbocycles. The van der Waals surface area contributed by atoms with E-state index in [0.717, 1.165) is 6.42 Å². The predicted molar refractivity (Wildman–Crippen MR) is 62.0 cm³/mol. The number of aromatic amines is 1. The van der Waals surface area contributed by atoms with Crippen molar-refractivity contribution in [2.45, 2.75) is 13.3 Å². The Bertz CT molecular complexity index is 494. The Labute approximate surface area is 98.8 Å². The molecule has 5 heteroatoms. The first-order valence-corrected chi connectivity index (χ1v) is 5.44. The maximum absolute atomic E-state index is 12.1. The van der Waals surface area contributed by atoms with Gasteiger partial charge in [-0.25, -0.2) is 4.98 Å². The van der Waals surface area contributed by atoms with Gasteiger partial charge in [-0.1, -0.05) is 19.1 Å². The van der Waals surface area contributed by atoms with E-state index in [1.54, 1.807) is 18.2 Å². The molecule has 88 valence electrons. The van der Waals surface area contributed by atoms with E-state index in [2.05, 4.69) is 15.2 Å². The van der Waals surface area contributed by atoms with Crippen molar-refractivity contribution in [1.29, 1.82) is 0 Å². The molecule has 0 bridgehead atoms. The molecule has 0 aliphatic rings. The van der Waals surface area contributed by atoms with Crippen molar-refractivity contribution in [3.63, 3.8) is 0 Å². The zero-order valence-corrected chi connectivity index (χ0v) is 9.51. The van der Waals surface area contributed by atoms with Crippen molar-refractivity contribution in [3.8, 4) is 5.75 Å². The normalized spacial score (nSPS) is 10.2. The molecule has 0 saturated heterocycles. The third kappa shape index (κ3) is 2.50. The lowest BCUT2D eigenvalue weighted by Crippen LogP contribution is -2.07. The molecule has 2 rings (SSSR count). The molecule has 5 nitrogen and oxygen atoms in total. The molecule has 1 N–H and O–H groups in total. The molecule has 0 radical (unpaired) electrons. The minimum atomic E-state index is -0.214. The van der Waals surface area contributed by atoms with Crippen LogP contribution >= 0.6 is 0 Å². The average molecular weight is 231 g/mol. The standard InChI is InChI=1S/C12H13N3O2/c1-2-7-17-10-6-4-3-5-9(10)11(16)12-13-8-14-15-12/h3-6,8H,2,7H2,1H3,(H,13,14,15). The van der Waals surface area contributed by atoms with E-state index in [-0.39, 0.29) is 11.6 Å². The van der Waals surface area contributed by atoms with Gasteiger partial charge in [0.25, 0.3) is 0 Å². The van der Waals surface area contributed by atoms with Crippen LogP contribution in [0.15, 0.2) is 30.6 Å². The lowest BCUT2D eigenvalue weighted by molar-refractivity contribution is 0.102. The molecule has 0 atom stereocenters. The van der Waals surface area contributed by atoms with Crippen LogP contribution < -0.4 is 4.74 Å². The largest absolute Gasteiger partial charge is 0.493 e. The van der Waals surface area contributed by atoms with Crippen LogP contribution in [0.5, 0.6) is 5.75 Å². The van der Waals surface area contributed by atoms with Crippen molar-refractivity contribution >= 4 is 5.78 Å². The Morgan fingerprint density at radius 2 is 2.24 bits per heavy atom. The number of carbonyl (C=O) groups is 1. The highest BCUT2D eigenvalue weighted by molar-refractivity contribution is 6.08. The van der Waals surface area contributed by atoms with Crippen LogP contribution in [0.1, 0.15) is 29.5 Å². The Balaban J connectivity index is 2.28. The number of nitrogens with zero attached hydrogens (tertiary/aromatic N) is 2. The highest BCUT2D eigenvalue weighted by atomic mass is 16.5. The van der Waals surface area contributed by atoms with Gasteiger partial charge >= 0.3 is 0 Å². The van der Waals surface area contributed by atoms with E-state index >= 15 is 0 Å². The Morgan fingerprint density at radius 1 is 1.41 bits per heavy atom. The number of ether oxygens (including phenoxy) is 1. The summed E-state index contributed by atoms with van der Waals surface area (Å²) in [6.45, 7) is 2.60. The number of nitrogens with one attached hydrogen (secondary N) is 1. The molecule has 0 aliphatic heterocycles. The van der Waals surface area contributed by atoms with Crippen LogP contribution in [-0.2, 0) is 0 Å². The summed E-state index contributed by atoms with van der Waals surface area (Å²) in [6.07, 6.45) is 2.20. The predicted octanol–water partition coefficient (Wildman–Crippen LogP) is 1.82. The second-order valence-electron chi connectivity index (χ2n) is 3.51. The second kappa shape index (κ2) is 5.25. The number of carbonyl (C=O) groups excluding carboxylic acids is 1. The minimum Gasteiger partial charge on any atom is -0.493 e. The monoisotopic (exact) mass is 231 g/mol. The first-order chi connectivity index (χ1) is 8.33. The van der Waals surface area contributed by atoms with Gasteiger partial charge in [0.15, 0.2) is 5.82 Å². The van der Waals surface area contributed by atoms with Gasteiger partial charge in [0.05, 0.1) is 12.2 Å². The van der Waals surface area contributed by atoms with Gasteiger partial charge in [-0.3, -0.25) is 9.89 Å². The lowest BCUT2D eigenvalue weighted by atomic mass is 10.1. The fourth-order valence-corrected chi connectivity index (χ4v) is 1.43. The summed E-state index contributed by atoms with van der Waals surface area (Å²) < 4.78 is 5.52. The van der Waals surface area contributed by atoms with Crippen LogP contribution in [-0.4, -0.2) is 27.6 Å². The number of hydrogen-bond acceptors (Lipinski definition) is 4. The molecule has 0 fully saturated rings.